The van der Waals surface area contributed by atoms with Crippen LogP contribution in [0.1, 0.15) is 0 Å². The minimum atomic E-state index is 0.933. The largest absolute Gasteiger partial charge is 0.256 e. The van der Waals surface area contributed by atoms with Crippen LogP contribution in [0.2, 0.25) is 0 Å². The highest BCUT2D eigenvalue weighted by atomic mass is 14.7. The molecule has 0 spiro atoms. The predicted octanol–water partition coefficient (Wildman–Crippen LogP) is 4.25. The molecule has 0 atom stereocenters. The number of pyridine rings is 2. The summed E-state index contributed by atoms with van der Waals surface area (Å²) >= 11 is 0. The molecule has 1 radical (unpaired) electrons. The summed E-state index contributed by atoms with van der Waals surface area (Å²) < 4.78 is 0. The average molecular weight is 255 g/mol. The molecule has 0 aliphatic heterocycles. The van der Waals surface area contributed by atoms with Crippen molar-refractivity contribution in [1.82, 2.24) is 9.97 Å². The summed E-state index contributed by atoms with van der Waals surface area (Å²) in [6.07, 6.45) is 4.94. The third kappa shape index (κ3) is 1.74. The average Bonchev–Trinajstić information content (AvgIpc) is 2.54. The lowest BCUT2D eigenvalue weighted by Crippen LogP contribution is -1.88. The number of rotatable bonds is 1. The van der Waals surface area contributed by atoms with Crippen molar-refractivity contribution in [3.05, 3.63) is 73.1 Å². The second-order valence-corrected chi connectivity index (χ2v) is 4.72. The van der Waals surface area contributed by atoms with Gasteiger partial charge in [-0.2, -0.15) is 0 Å². The molecular formula is C18H11N2. The van der Waals surface area contributed by atoms with Crippen LogP contribution in [0.25, 0.3) is 32.9 Å². The Morgan fingerprint density at radius 3 is 2.70 bits per heavy atom. The second-order valence-electron chi connectivity index (χ2n) is 4.72. The quantitative estimate of drug-likeness (QED) is 0.508. The summed E-state index contributed by atoms with van der Waals surface area (Å²) in [5.74, 6) is 0. The molecule has 20 heavy (non-hydrogen) atoms. The molecular weight excluding hydrogens is 244 g/mol. The van der Waals surface area contributed by atoms with E-state index in [1.807, 2.05) is 48.7 Å². The summed E-state index contributed by atoms with van der Waals surface area (Å²) in [5, 5.41) is 3.30. The van der Waals surface area contributed by atoms with Crippen LogP contribution < -0.4 is 0 Å². The maximum atomic E-state index is 4.47. The SMILES string of the molecule is [c]1nc(-c2ccnc3ccccc23)cc2ccccc12. The van der Waals surface area contributed by atoms with Gasteiger partial charge in [-0.05, 0) is 23.6 Å². The Kier molecular flexibility index (Phi) is 2.46. The second kappa shape index (κ2) is 4.42. The maximum Gasteiger partial charge on any atom is 0.0978 e. The van der Waals surface area contributed by atoms with Crippen molar-refractivity contribution in [1.29, 1.82) is 0 Å². The smallest absolute Gasteiger partial charge is 0.0978 e. The van der Waals surface area contributed by atoms with E-state index < -0.39 is 0 Å². The molecule has 2 nitrogen and oxygen atoms in total. The number of para-hydroxylation sites is 1. The Morgan fingerprint density at radius 2 is 1.70 bits per heavy atom. The standard InChI is InChI=1S/C18H11N2/c1-2-6-14-12-20-18(11-13(14)5-1)16-9-10-19-17-8-4-3-7-15(16)17/h1-11H. The molecule has 2 aromatic carbocycles. The summed E-state index contributed by atoms with van der Waals surface area (Å²) in [4.78, 5) is 8.87. The highest BCUT2D eigenvalue weighted by Gasteiger charge is 2.06. The molecule has 0 fully saturated rings. The molecule has 0 aliphatic carbocycles. The van der Waals surface area contributed by atoms with E-state index in [-0.39, 0.29) is 0 Å². The molecule has 2 heterocycles. The Bertz CT molecular complexity index is 908. The van der Waals surface area contributed by atoms with Crippen LogP contribution in [-0.2, 0) is 0 Å². The normalized spacial score (nSPS) is 11.0. The summed E-state index contributed by atoms with van der Waals surface area (Å²) in [5.41, 5.74) is 3.01. The van der Waals surface area contributed by atoms with Gasteiger partial charge in [0.15, 0.2) is 0 Å². The van der Waals surface area contributed by atoms with E-state index in [1.165, 1.54) is 0 Å². The van der Waals surface area contributed by atoms with Gasteiger partial charge in [-0.3, -0.25) is 4.98 Å². The molecule has 0 unspecified atom stereocenters. The first-order chi connectivity index (χ1) is 9.92. The Balaban J connectivity index is 2.01. The fourth-order valence-electron chi connectivity index (χ4n) is 2.48. The fourth-order valence-corrected chi connectivity index (χ4v) is 2.48. The van der Waals surface area contributed by atoms with Gasteiger partial charge in [0, 0.05) is 22.5 Å². The lowest BCUT2D eigenvalue weighted by Gasteiger charge is -2.06. The van der Waals surface area contributed by atoms with Gasteiger partial charge in [0.2, 0.25) is 0 Å². The van der Waals surface area contributed by atoms with Crippen LogP contribution in [0.15, 0.2) is 66.9 Å². The van der Waals surface area contributed by atoms with Crippen LogP contribution in [0.4, 0.5) is 0 Å². The van der Waals surface area contributed by atoms with Crippen molar-refractivity contribution in [2.24, 2.45) is 0 Å². The summed E-state index contributed by atoms with van der Waals surface area (Å²) in [6.45, 7) is 0. The zero-order chi connectivity index (χ0) is 13.4. The van der Waals surface area contributed by atoms with E-state index in [4.69, 9.17) is 0 Å². The molecule has 2 heteroatoms. The first kappa shape index (κ1) is 11.1. The van der Waals surface area contributed by atoms with E-state index in [2.05, 4.69) is 34.4 Å². The molecule has 4 rings (SSSR count). The van der Waals surface area contributed by atoms with Gasteiger partial charge in [0.1, 0.15) is 0 Å². The van der Waals surface area contributed by atoms with Gasteiger partial charge in [0.25, 0.3) is 0 Å². The lowest BCUT2D eigenvalue weighted by atomic mass is 10.0. The third-order valence-electron chi connectivity index (χ3n) is 3.47. The molecule has 2 aromatic heterocycles. The van der Waals surface area contributed by atoms with Crippen LogP contribution in [-0.4, -0.2) is 9.97 Å². The number of fused-ring (bicyclic) bond motifs is 2. The zero-order valence-corrected chi connectivity index (χ0v) is 10.7. The highest BCUT2D eigenvalue weighted by molar-refractivity contribution is 5.95. The molecule has 4 aromatic rings. The maximum absolute atomic E-state index is 4.47. The van der Waals surface area contributed by atoms with Crippen LogP contribution >= 0.6 is 0 Å². The van der Waals surface area contributed by atoms with Gasteiger partial charge in [-0.1, -0.05) is 42.5 Å². The number of hydrogen-bond acceptors (Lipinski definition) is 2. The topological polar surface area (TPSA) is 25.8 Å². The molecule has 0 aliphatic rings. The molecule has 0 N–H and O–H groups in total. The Morgan fingerprint density at radius 1 is 0.850 bits per heavy atom. The minimum Gasteiger partial charge on any atom is -0.256 e. The molecule has 0 amide bonds. The zero-order valence-electron chi connectivity index (χ0n) is 10.7. The van der Waals surface area contributed by atoms with Crippen molar-refractivity contribution in [2.45, 2.75) is 0 Å². The molecule has 93 valence electrons. The van der Waals surface area contributed by atoms with Crippen molar-refractivity contribution < 1.29 is 0 Å². The summed E-state index contributed by atoms with van der Waals surface area (Å²) in [7, 11) is 0. The third-order valence-corrected chi connectivity index (χ3v) is 3.47. The van der Waals surface area contributed by atoms with E-state index in [0.29, 0.717) is 0 Å². The predicted molar refractivity (Wildman–Crippen MR) is 81.3 cm³/mol. The first-order valence-corrected chi connectivity index (χ1v) is 6.53. The van der Waals surface area contributed by atoms with Crippen molar-refractivity contribution >= 4 is 21.7 Å². The molecule has 0 saturated carbocycles. The van der Waals surface area contributed by atoms with Crippen molar-refractivity contribution in [3.63, 3.8) is 0 Å². The van der Waals surface area contributed by atoms with Gasteiger partial charge >= 0.3 is 0 Å². The van der Waals surface area contributed by atoms with Gasteiger partial charge in [-0.25, -0.2) is 4.98 Å². The molecule has 0 saturated heterocycles. The van der Waals surface area contributed by atoms with Crippen LogP contribution in [0.3, 0.4) is 0 Å². The van der Waals surface area contributed by atoms with Crippen molar-refractivity contribution in [3.8, 4) is 11.3 Å². The Hall–Kier alpha value is -2.74. The fraction of sp³-hybridized carbons (Fsp3) is 0. The van der Waals surface area contributed by atoms with Gasteiger partial charge < -0.3 is 0 Å². The van der Waals surface area contributed by atoms with Crippen LogP contribution in [0.5, 0.6) is 0 Å². The lowest BCUT2D eigenvalue weighted by molar-refractivity contribution is 1.33. The van der Waals surface area contributed by atoms with Crippen LogP contribution in [0, 0.1) is 6.20 Å². The monoisotopic (exact) mass is 255 g/mol. The molecule has 0 bridgehead atoms. The van der Waals surface area contributed by atoms with E-state index >= 15 is 0 Å². The minimum absolute atomic E-state index is 0.933. The number of hydrogen-bond donors (Lipinski definition) is 0. The Labute approximate surface area is 116 Å². The van der Waals surface area contributed by atoms with E-state index in [0.717, 1.165) is 32.9 Å². The van der Waals surface area contributed by atoms with Gasteiger partial charge in [-0.15, -0.1) is 0 Å². The van der Waals surface area contributed by atoms with Gasteiger partial charge in [0.05, 0.1) is 17.4 Å². The number of nitrogens with zero attached hydrogens (tertiary/aromatic N) is 2. The highest BCUT2D eigenvalue weighted by Crippen LogP contribution is 2.27. The van der Waals surface area contributed by atoms with E-state index in [1.54, 1.807) is 0 Å². The van der Waals surface area contributed by atoms with E-state index in [9.17, 15) is 0 Å². The summed E-state index contributed by atoms with van der Waals surface area (Å²) in [6, 6.07) is 20.4. The number of aromatic nitrogens is 2. The first-order valence-electron chi connectivity index (χ1n) is 6.53. The van der Waals surface area contributed by atoms with Crippen molar-refractivity contribution in [2.75, 3.05) is 0 Å². The number of benzene rings is 2.